The first-order valence-corrected chi connectivity index (χ1v) is 8.39. The van der Waals surface area contributed by atoms with Crippen molar-refractivity contribution in [3.63, 3.8) is 0 Å². The van der Waals surface area contributed by atoms with Crippen molar-refractivity contribution in [3.8, 4) is 22.2 Å². The molecule has 0 aliphatic carbocycles. The molecule has 1 N–H and O–H groups in total. The van der Waals surface area contributed by atoms with Gasteiger partial charge in [0.25, 0.3) is 0 Å². The zero-order valence-corrected chi connectivity index (χ0v) is 13.9. The van der Waals surface area contributed by atoms with Gasteiger partial charge >= 0.3 is 0 Å². The zero-order valence-electron chi connectivity index (χ0n) is 12.3. The minimum Gasteiger partial charge on any atom is -0.434 e. The molecule has 5 nitrogen and oxygen atoms in total. The van der Waals surface area contributed by atoms with E-state index in [-0.39, 0.29) is 0 Å². The van der Waals surface area contributed by atoms with Crippen LogP contribution in [-0.4, -0.2) is 15.0 Å². The zero-order chi connectivity index (χ0) is 16.4. The molecule has 24 heavy (non-hydrogen) atoms. The highest BCUT2D eigenvalue weighted by molar-refractivity contribution is 7.13. The Morgan fingerprint density at radius 3 is 2.83 bits per heavy atom. The summed E-state index contributed by atoms with van der Waals surface area (Å²) in [6.07, 6.45) is 3.32. The Morgan fingerprint density at radius 1 is 1.04 bits per heavy atom. The van der Waals surface area contributed by atoms with Crippen LogP contribution in [0.3, 0.4) is 0 Å². The quantitative estimate of drug-likeness (QED) is 0.541. The summed E-state index contributed by atoms with van der Waals surface area (Å²) in [5.41, 5.74) is 0.692. The molecule has 118 valence electrons. The smallest absolute Gasteiger partial charge is 0.236 e. The average Bonchev–Trinajstić information content (AvgIpc) is 3.27. The number of nitrogens with zero attached hydrogens (tertiary/aromatic N) is 3. The number of hydrogen-bond acceptors (Lipinski definition) is 6. The van der Waals surface area contributed by atoms with Crippen molar-refractivity contribution in [3.05, 3.63) is 65.3 Å². The molecule has 0 atom stereocenters. The van der Waals surface area contributed by atoms with Crippen LogP contribution in [0.5, 0.6) is 0 Å². The summed E-state index contributed by atoms with van der Waals surface area (Å²) in [5.74, 6) is 2.48. The van der Waals surface area contributed by atoms with Crippen LogP contribution in [0.1, 0.15) is 0 Å². The van der Waals surface area contributed by atoms with Gasteiger partial charge in [0, 0.05) is 11.2 Å². The SMILES string of the molecule is Clc1ccnc(Nc2cccc(-c3cnc(-c4cccs4)o3)n2)c1. The molecule has 0 aliphatic rings. The molecule has 0 aliphatic heterocycles. The summed E-state index contributed by atoms with van der Waals surface area (Å²) in [6, 6.07) is 13.0. The number of hydrogen-bond donors (Lipinski definition) is 1. The van der Waals surface area contributed by atoms with Gasteiger partial charge in [0.05, 0.1) is 11.1 Å². The van der Waals surface area contributed by atoms with Gasteiger partial charge < -0.3 is 9.73 Å². The highest BCUT2D eigenvalue weighted by atomic mass is 35.5. The Hall–Kier alpha value is -2.70. The predicted octanol–water partition coefficient (Wildman–Crippen LogP) is 5.26. The number of nitrogens with one attached hydrogen (secondary N) is 1. The van der Waals surface area contributed by atoms with Gasteiger partial charge in [-0.3, -0.25) is 0 Å². The van der Waals surface area contributed by atoms with Crippen LogP contribution in [0.2, 0.25) is 5.02 Å². The number of thiophene rings is 1. The van der Waals surface area contributed by atoms with Crippen LogP contribution in [0.15, 0.2) is 64.7 Å². The molecule has 0 saturated heterocycles. The van der Waals surface area contributed by atoms with E-state index in [0.717, 1.165) is 4.88 Å². The minimum absolute atomic E-state index is 0.594. The molecule has 7 heteroatoms. The lowest BCUT2D eigenvalue weighted by molar-refractivity contribution is 0.588. The van der Waals surface area contributed by atoms with Gasteiger partial charge in [-0.2, -0.15) is 0 Å². The van der Waals surface area contributed by atoms with Gasteiger partial charge in [-0.05, 0) is 35.7 Å². The van der Waals surface area contributed by atoms with E-state index in [1.165, 1.54) is 0 Å². The molecule has 4 aromatic heterocycles. The standard InChI is InChI=1S/C17H11ClN4OS/c18-11-6-7-19-16(9-11)22-15-5-1-3-12(21-15)13-10-20-17(23-13)14-4-2-8-24-14/h1-10H,(H,19,21,22). The summed E-state index contributed by atoms with van der Waals surface area (Å²) >= 11 is 7.55. The second-order valence-corrected chi connectivity index (χ2v) is 6.28. The molecule has 0 radical (unpaired) electrons. The number of anilines is 2. The van der Waals surface area contributed by atoms with Gasteiger partial charge in [0.15, 0.2) is 5.76 Å². The maximum atomic E-state index is 5.97. The highest BCUT2D eigenvalue weighted by Gasteiger charge is 2.11. The lowest BCUT2D eigenvalue weighted by Gasteiger charge is -2.05. The van der Waals surface area contributed by atoms with E-state index in [9.17, 15) is 0 Å². The third kappa shape index (κ3) is 3.15. The summed E-state index contributed by atoms with van der Waals surface area (Å²) in [7, 11) is 0. The van der Waals surface area contributed by atoms with E-state index in [1.54, 1.807) is 35.9 Å². The fourth-order valence-corrected chi connectivity index (χ4v) is 2.97. The number of oxazole rings is 1. The van der Waals surface area contributed by atoms with Crippen LogP contribution in [-0.2, 0) is 0 Å². The summed E-state index contributed by atoms with van der Waals surface area (Å²) in [4.78, 5) is 14.0. The Bertz CT molecular complexity index is 968. The molecule has 0 amide bonds. The largest absolute Gasteiger partial charge is 0.434 e. The molecule has 0 fully saturated rings. The minimum atomic E-state index is 0.594. The van der Waals surface area contributed by atoms with Gasteiger partial charge in [-0.15, -0.1) is 11.3 Å². The second-order valence-electron chi connectivity index (χ2n) is 4.90. The molecule has 4 heterocycles. The highest BCUT2D eigenvalue weighted by Crippen LogP contribution is 2.28. The summed E-state index contributed by atoms with van der Waals surface area (Å²) in [6.45, 7) is 0. The number of halogens is 1. The molecule has 4 rings (SSSR count). The van der Waals surface area contributed by atoms with E-state index in [1.807, 2.05) is 35.7 Å². The molecule has 0 saturated carbocycles. The fourth-order valence-electron chi connectivity index (χ4n) is 2.15. The Kier molecular flexibility index (Phi) is 3.98. The Labute approximate surface area is 147 Å². The van der Waals surface area contributed by atoms with Gasteiger partial charge in [0.1, 0.15) is 17.3 Å². The van der Waals surface area contributed by atoms with Gasteiger partial charge in [-0.1, -0.05) is 23.7 Å². The summed E-state index contributed by atoms with van der Waals surface area (Å²) in [5, 5.41) is 5.72. The Morgan fingerprint density at radius 2 is 2.00 bits per heavy atom. The maximum absolute atomic E-state index is 5.97. The van der Waals surface area contributed by atoms with Gasteiger partial charge in [-0.25, -0.2) is 15.0 Å². The molecule has 0 aromatic carbocycles. The maximum Gasteiger partial charge on any atom is 0.236 e. The third-order valence-corrected chi connectivity index (χ3v) is 4.31. The molecule has 0 spiro atoms. The lowest BCUT2D eigenvalue weighted by atomic mass is 10.3. The van der Waals surface area contributed by atoms with Crippen LogP contribution in [0.4, 0.5) is 11.6 Å². The van der Waals surface area contributed by atoms with Crippen LogP contribution < -0.4 is 5.32 Å². The lowest BCUT2D eigenvalue weighted by Crippen LogP contribution is -1.96. The van der Waals surface area contributed by atoms with Crippen molar-refractivity contribution >= 4 is 34.6 Å². The average molecular weight is 355 g/mol. The van der Waals surface area contributed by atoms with Crippen molar-refractivity contribution in [1.29, 1.82) is 0 Å². The van der Waals surface area contributed by atoms with E-state index in [2.05, 4.69) is 20.3 Å². The summed E-state index contributed by atoms with van der Waals surface area (Å²) < 4.78 is 5.81. The molecule has 4 aromatic rings. The monoisotopic (exact) mass is 354 g/mol. The van der Waals surface area contributed by atoms with Crippen molar-refractivity contribution < 1.29 is 4.42 Å². The Balaban J connectivity index is 1.61. The van der Waals surface area contributed by atoms with Crippen molar-refractivity contribution in [2.75, 3.05) is 5.32 Å². The molecular weight excluding hydrogens is 344 g/mol. The number of rotatable bonds is 4. The van der Waals surface area contributed by atoms with E-state index in [4.69, 9.17) is 16.0 Å². The van der Waals surface area contributed by atoms with Crippen LogP contribution in [0.25, 0.3) is 22.2 Å². The number of aromatic nitrogens is 3. The van der Waals surface area contributed by atoms with Crippen molar-refractivity contribution in [2.45, 2.75) is 0 Å². The first kappa shape index (κ1) is 14.9. The third-order valence-electron chi connectivity index (χ3n) is 3.22. The van der Waals surface area contributed by atoms with Crippen LogP contribution >= 0.6 is 22.9 Å². The van der Waals surface area contributed by atoms with Crippen molar-refractivity contribution in [2.24, 2.45) is 0 Å². The molecular formula is C17H11ClN4OS. The first-order valence-electron chi connectivity index (χ1n) is 7.14. The van der Waals surface area contributed by atoms with E-state index < -0.39 is 0 Å². The topological polar surface area (TPSA) is 63.8 Å². The number of pyridine rings is 2. The van der Waals surface area contributed by atoms with E-state index >= 15 is 0 Å². The van der Waals surface area contributed by atoms with Crippen LogP contribution in [0, 0.1) is 0 Å². The molecule has 0 unspecified atom stereocenters. The van der Waals surface area contributed by atoms with Crippen molar-refractivity contribution in [1.82, 2.24) is 15.0 Å². The molecule has 0 bridgehead atoms. The second kappa shape index (κ2) is 6.43. The normalized spacial score (nSPS) is 10.7. The predicted molar refractivity (Wildman–Crippen MR) is 95.6 cm³/mol. The fraction of sp³-hybridized carbons (Fsp3) is 0. The van der Waals surface area contributed by atoms with Gasteiger partial charge in [0.2, 0.25) is 5.89 Å². The first-order chi connectivity index (χ1) is 11.8. The van der Waals surface area contributed by atoms with E-state index in [0.29, 0.717) is 34.0 Å².